The molecule has 0 saturated carbocycles. The number of benzene rings is 8. The van der Waals surface area contributed by atoms with Gasteiger partial charge in [-0.25, -0.2) is 9.97 Å². The van der Waals surface area contributed by atoms with Gasteiger partial charge in [-0.3, -0.25) is 4.57 Å². The van der Waals surface area contributed by atoms with E-state index in [1.165, 1.54) is 71.1 Å². The number of fused-ring (bicyclic) bond motifs is 9. The average Bonchev–Trinajstić information content (AvgIpc) is 3.60. The summed E-state index contributed by atoms with van der Waals surface area (Å²) in [5, 5.41) is 9.96. The van der Waals surface area contributed by atoms with Crippen LogP contribution in [0.2, 0.25) is 0 Å². The predicted octanol–water partition coefficient (Wildman–Crippen LogP) is 12.7. The van der Waals surface area contributed by atoms with Gasteiger partial charge in [0.1, 0.15) is 0 Å². The highest BCUT2D eigenvalue weighted by atomic mass is 15.1. The minimum atomic E-state index is -0.212. The summed E-state index contributed by atoms with van der Waals surface area (Å²) >= 11 is 0. The maximum Gasteiger partial charge on any atom is 0.235 e. The first-order chi connectivity index (χ1) is 25.5. The van der Waals surface area contributed by atoms with Gasteiger partial charge in [0.25, 0.3) is 0 Å². The zero-order chi connectivity index (χ0) is 34.6. The van der Waals surface area contributed by atoms with Crippen molar-refractivity contribution in [2.75, 3.05) is 0 Å². The Morgan fingerprint density at radius 2 is 1.08 bits per heavy atom. The monoisotopic (exact) mass is 663 g/mol. The minimum Gasteiger partial charge on any atom is -0.285 e. The van der Waals surface area contributed by atoms with Crippen molar-refractivity contribution in [3.05, 3.63) is 175 Å². The first-order valence-electron chi connectivity index (χ1n) is 18.0. The van der Waals surface area contributed by atoms with Crippen molar-refractivity contribution in [2.45, 2.75) is 19.3 Å². The fourth-order valence-corrected chi connectivity index (χ4v) is 8.87. The standard InChI is InChI=1S/C49H33N3/c1-49(2)42-20-12-21-44-46(42)47(39-26-23-31(28-43(39)49)30-13-4-3-5-14-30)51-48(50-44)52-29-41(38-19-10-11-22-45(38)52)32-24-25-37-35-17-7-6-15-33(35)34-16-8-9-18-36(34)40(37)27-32/h3-29H,1-2H3. The fourth-order valence-electron chi connectivity index (χ4n) is 8.87. The van der Waals surface area contributed by atoms with Crippen LogP contribution in [0.25, 0.3) is 93.6 Å². The fraction of sp³-hybridized carbons (Fsp3) is 0.0612. The molecule has 0 atom stereocenters. The Balaban J connectivity index is 1.14. The van der Waals surface area contributed by atoms with Crippen molar-refractivity contribution in [3.8, 4) is 39.5 Å². The second-order valence-electron chi connectivity index (χ2n) is 14.6. The van der Waals surface area contributed by atoms with Gasteiger partial charge < -0.3 is 0 Å². The summed E-state index contributed by atoms with van der Waals surface area (Å²) in [7, 11) is 0. The molecule has 2 aromatic heterocycles. The molecule has 0 N–H and O–H groups in total. The van der Waals surface area contributed by atoms with E-state index in [9.17, 15) is 0 Å². The maximum atomic E-state index is 5.45. The topological polar surface area (TPSA) is 30.7 Å². The van der Waals surface area contributed by atoms with E-state index in [0.29, 0.717) is 5.95 Å². The van der Waals surface area contributed by atoms with E-state index in [1.807, 2.05) is 0 Å². The van der Waals surface area contributed by atoms with Crippen LogP contribution in [0.15, 0.2) is 164 Å². The summed E-state index contributed by atoms with van der Waals surface area (Å²) in [6.07, 6.45) is 2.24. The molecule has 8 aromatic carbocycles. The highest BCUT2D eigenvalue weighted by molar-refractivity contribution is 6.26. The van der Waals surface area contributed by atoms with Gasteiger partial charge in [-0.2, -0.15) is 0 Å². The maximum absolute atomic E-state index is 5.45. The molecule has 3 nitrogen and oxygen atoms in total. The Kier molecular flexibility index (Phi) is 6.01. The third kappa shape index (κ3) is 4.08. The molecule has 0 fully saturated rings. The molecule has 0 saturated heterocycles. The number of nitrogens with zero attached hydrogens (tertiary/aromatic N) is 3. The van der Waals surface area contributed by atoms with E-state index in [2.05, 4.69) is 182 Å². The highest BCUT2D eigenvalue weighted by Gasteiger charge is 2.35. The van der Waals surface area contributed by atoms with Crippen LogP contribution in [-0.2, 0) is 5.41 Å². The molecule has 52 heavy (non-hydrogen) atoms. The zero-order valence-corrected chi connectivity index (χ0v) is 28.9. The van der Waals surface area contributed by atoms with Crippen LogP contribution in [0.3, 0.4) is 0 Å². The summed E-state index contributed by atoms with van der Waals surface area (Å²) in [4.78, 5) is 10.7. The molecule has 3 heteroatoms. The van der Waals surface area contributed by atoms with Crippen LogP contribution in [0.1, 0.15) is 25.0 Å². The molecule has 2 heterocycles. The van der Waals surface area contributed by atoms with Gasteiger partial charge in [-0.1, -0.05) is 147 Å². The van der Waals surface area contributed by atoms with Gasteiger partial charge in [0.15, 0.2) is 0 Å². The third-order valence-corrected chi connectivity index (χ3v) is 11.4. The number of rotatable bonds is 3. The number of para-hydroxylation sites is 1. The van der Waals surface area contributed by atoms with Crippen molar-refractivity contribution in [3.63, 3.8) is 0 Å². The molecule has 244 valence electrons. The van der Waals surface area contributed by atoms with E-state index in [4.69, 9.17) is 9.97 Å². The van der Waals surface area contributed by atoms with Gasteiger partial charge in [0.2, 0.25) is 5.95 Å². The number of hydrogen-bond donors (Lipinski definition) is 0. The summed E-state index contributed by atoms with van der Waals surface area (Å²) in [5.41, 5.74) is 11.3. The number of hydrogen-bond acceptors (Lipinski definition) is 2. The predicted molar refractivity (Wildman–Crippen MR) is 217 cm³/mol. The smallest absolute Gasteiger partial charge is 0.235 e. The van der Waals surface area contributed by atoms with Gasteiger partial charge in [-0.15, -0.1) is 0 Å². The third-order valence-electron chi connectivity index (χ3n) is 11.4. The molecule has 0 amide bonds. The molecule has 0 radical (unpaired) electrons. The van der Waals surface area contributed by atoms with Crippen LogP contribution in [0, 0.1) is 0 Å². The van der Waals surface area contributed by atoms with Crippen LogP contribution in [0.5, 0.6) is 0 Å². The molecule has 0 spiro atoms. The Hall–Kier alpha value is -6.58. The van der Waals surface area contributed by atoms with Crippen LogP contribution in [-0.4, -0.2) is 14.5 Å². The first kappa shape index (κ1) is 29.2. The molecule has 10 aromatic rings. The summed E-state index contributed by atoms with van der Waals surface area (Å²) in [5.74, 6) is 0.678. The minimum absolute atomic E-state index is 0.212. The van der Waals surface area contributed by atoms with E-state index in [-0.39, 0.29) is 5.41 Å². The van der Waals surface area contributed by atoms with Gasteiger partial charge in [0, 0.05) is 33.5 Å². The summed E-state index contributed by atoms with van der Waals surface area (Å²) in [6.45, 7) is 4.65. The lowest BCUT2D eigenvalue weighted by atomic mass is 9.69. The molecular weight excluding hydrogens is 631 g/mol. The zero-order valence-electron chi connectivity index (χ0n) is 28.9. The largest absolute Gasteiger partial charge is 0.285 e. The van der Waals surface area contributed by atoms with Crippen molar-refractivity contribution >= 4 is 54.1 Å². The molecule has 0 aliphatic heterocycles. The van der Waals surface area contributed by atoms with Crippen molar-refractivity contribution in [1.82, 2.24) is 14.5 Å². The lowest BCUT2D eigenvalue weighted by molar-refractivity contribution is 0.644. The lowest BCUT2D eigenvalue weighted by Gasteiger charge is -2.34. The quantitative estimate of drug-likeness (QED) is 0.176. The lowest BCUT2D eigenvalue weighted by Crippen LogP contribution is -2.24. The summed E-state index contributed by atoms with van der Waals surface area (Å²) in [6, 6.07) is 57.2. The molecule has 0 bridgehead atoms. The normalized spacial score (nSPS) is 13.3. The molecular formula is C49H33N3. The Bertz CT molecular complexity index is 3060. The van der Waals surface area contributed by atoms with E-state index < -0.39 is 0 Å². The van der Waals surface area contributed by atoms with Crippen LogP contribution in [0.4, 0.5) is 0 Å². The molecule has 0 unspecified atom stereocenters. The van der Waals surface area contributed by atoms with Crippen molar-refractivity contribution in [1.29, 1.82) is 0 Å². The van der Waals surface area contributed by atoms with Crippen molar-refractivity contribution < 1.29 is 0 Å². The molecule has 1 aliphatic rings. The average molecular weight is 664 g/mol. The molecule has 11 rings (SSSR count). The van der Waals surface area contributed by atoms with Gasteiger partial charge in [-0.05, 0) is 84.4 Å². The second kappa shape index (κ2) is 10.7. The highest BCUT2D eigenvalue weighted by Crippen LogP contribution is 2.49. The summed E-state index contributed by atoms with van der Waals surface area (Å²) < 4.78 is 2.19. The Labute approximate surface area is 301 Å². The van der Waals surface area contributed by atoms with Crippen LogP contribution >= 0.6 is 0 Å². The van der Waals surface area contributed by atoms with Crippen molar-refractivity contribution in [2.24, 2.45) is 0 Å². The van der Waals surface area contributed by atoms with Gasteiger partial charge in [0.05, 0.1) is 16.7 Å². The Morgan fingerprint density at radius 1 is 0.442 bits per heavy atom. The second-order valence-corrected chi connectivity index (χ2v) is 14.6. The number of aromatic nitrogens is 3. The van der Waals surface area contributed by atoms with Crippen LogP contribution < -0.4 is 0 Å². The van der Waals surface area contributed by atoms with Gasteiger partial charge >= 0.3 is 0 Å². The Morgan fingerprint density at radius 3 is 1.83 bits per heavy atom. The van der Waals surface area contributed by atoms with E-state index >= 15 is 0 Å². The molecule has 1 aliphatic carbocycles. The SMILES string of the molecule is CC1(C)c2cc(-c3ccccc3)ccc2-c2nc(-n3cc(-c4ccc5c6ccccc6c6ccccc6c5c4)c4ccccc43)nc3cccc1c23. The first-order valence-corrected chi connectivity index (χ1v) is 18.0. The van der Waals surface area contributed by atoms with E-state index in [0.717, 1.165) is 27.7 Å². The van der Waals surface area contributed by atoms with E-state index in [1.54, 1.807) is 0 Å².